The maximum atomic E-state index is 14.6. The van der Waals surface area contributed by atoms with Crippen LogP contribution in [0, 0.1) is 20.8 Å². The molecule has 8 heteroatoms. The minimum atomic E-state index is -4.14. The van der Waals surface area contributed by atoms with Crippen LogP contribution in [0.25, 0.3) is 0 Å². The third kappa shape index (κ3) is 9.05. The zero-order valence-electron chi connectivity index (χ0n) is 26.9. The molecular formula is C37H43N3O4S. The molecule has 0 unspecified atom stereocenters. The fraction of sp³-hybridized carbons (Fsp3) is 0.297. The van der Waals surface area contributed by atoms with Crippen LogP contribution in [0.1, 0.15) is 48.6 Å². The van der Waals surface area contributed by atoms with Gasteiger partial charge >= 0.3 is 0 Å². The molecule has 7 nitrogen and oxygen atoms in total. The molecule has 0 bridgehead atoms. The number of rotatable bonds is 11. The molecule has 236 valence electrons. The average molecular weight is 626 g/mol. The summed E-state index contributed by atoms with van der Waals surface area (Å²) in [7, 11) is -4.14. The second-order valence-corrected chi connectivity index (χ2v) is 14.5. The molecule has 2 amide bonds. The summed E-state index contributed by atoms with van der Waals surface area (Å²) in [5.74, 6) is -0.796. The molecule has 0 aromatic heterocycles. The molecule has 0 spiro atoms. The van der Waals surface area contributed by atoms with Crippen molar-refractivity contribution in [1.29, 1.82) is 0 Å². The molecular weight excluding hydrogens is 582 g/mol. The Morgan fingerprint density at radius 2 is 1.29 bits per heavy atom. The number of amides is 2. The van der Waals surface area contributed by atoms with Crippen LogP contribution in [-0.4, -0.2) is 43.3 Å². The average Bonchev–Trinajstić information content (AvgIpc) is 2.98. The number of nitrogens with one attached hydrogen (secondary N) is 1. The highest BCUT2D eigenvalue weighted by Gasteiger charge is 2.35. The van der Waals surface area contributed by atoms with Gasteiger partial charge in [-0.3, -0.25) is 13.9 Å². The molecule has 4 rings (SSSR count). The molecule has 4 aromatic rings. The van der Waals surface area contributed by atoms with Crippen molar-refractivity contribution in [2.75, 3.05) is 10.8 Å². The van der Waals surface area contributed by atoms with Gasteiger partial charge in [-0.1, -0.05) is 84.4 Å². The van der Waals surface area contributed by atoms with Gasteiger partial charge in [0.05, 0.1) is 10.6 Å². The zero-order valence-corrected chi connectivity index (χ0v) is 27.8. The minimum absolute atomic E-state index is 0.0772. The highest BCUT2D eigenvalue weighted by molar-refractivity contribution is 7.92. The molecule has 0 aliphatic carbocycles. The summed E-state index contributed by atoms with van der Waals surface area (Å²) in [5, 5.41) is 3.06. The Bertz CT molecular complexity index is 1700. The molecule has 0 radical (unpaired) electrons. The normalized spacial score (nSPS) is 12.3. The van der Waals surface area contributed by atoms with Crippen LogP contribution in [0.5, 0.6) is 0 Å². The van der Waals surface area contributed by atoms with Crippen molar-refractivity contribution in [3.63, 3.8) is 0 Å². The van der Waals surface area contributed by atoms with Crippen molar-refractivity contribution < 1.29 is 18.0 Å². The standard InChI is InChI=1S/C37H43N3O4S/c1-27-17-19-31(20-18-27)25-39(34(36(42)38-37(4,5)6)24-30-13-9-7-10-14-30)35(41)26-40(32-22-28(2)21-29(3)23-32)45(43,44)33-15-11-8-12-16-33/h7-23,34H,24-26H2,1-6H3,(H,38,42)/t34-/m1/s1. The fourth-order valence-corrected chi connectivity index (χ4v) is 6.66. The SMILES string of the molecule is Cc1ccc(CN(C(=O)CN(c2cc(C)cc(C)c2)S(=O)(=O)c2ccccc2)[C@H](Cc2ccccc2)C(=O)NC(C)(C)C)cc1. The lowest BCUT2D eigenvalue weighted by atomic mass is 10.0. The first-order chi connectivity index (χ1) is 21.2. The number of anilines is 1. The summed E-state index contributed by atoms with van der Waals surface area (Å²) in [6.07, 6.45) is 0.259. The molecule has 0 aliphatic rings. The molecule has 0 fully saturated rings. The molecule has 0 saturated carbocycles. The Morgan fingerprint density at radius 3 is 1.84 bits per heavy atom. The van der Waals surface area contributed by atoms with Gasteiger partial charge in [0.1, 0.15) is 12.6 Å². The number of carbonyl (C=O) groups is 2. The second-order valence-electron chi connectivity index (χ2n) is 12.6. The molecule has 1 N–H and O–H groups in total. The third-order valence-corrected chi connectivity index (χ3v) is 9.14. The molecule has 45 heavy (non-hydrogen) atoms. The van der Waals surface area contributed by atoms with Crippen molar-refractivity contribution in [1.82, 2.24) is 10.2 Å². The summed E-state index contributed by atoms with van der Waals surface area (Å²) in [6, 6.07) is 30.0. The lowest BCUT2D eigenvalue weighted by Gasteiger charge is -2.35. The van der Waals surface area contributed by atoms with Crippen molar-refractivity contribution >= 4 is 27.5 Å². The third-order valence-electron chi connectivity index (χ3n) is 7.35. The number of carbonyl (C=O) groups excluding carboxylic acids is 2. The first-order valence-electron chi connectivity index (χ1n) is 15.1. The van der Waals surface area contributed by atoms with Gasteiger partial charge in [-0.25, -0.2) is 8.42 Å². The maximum absolute atomic E-state index is 14.6. The number of aryl methyl sites for hydroxylation is 3. The van der Waals surface area contributed by atoms with Gasteiger partial charge < -0.3 is 10.2 Å². The monoisotopic (exact) mass is 625 g/mol. The van der Waals surface area contributed by atoms with Gasteiger partial charge in [-0.2, -0.15) is 0 Å². The van der Waals surface area contributed by atoms with E-state index in [2.05, 4.69) is 5.32 Å². The van der Waals surface area contributed by atoms with Crippen LogP contribution in [0.2, 0.25) is 0 Å². The van der Waals surface area contributed by atoms with Crippen molar-refractivity contribution in [3.05, 3.63) is 131 Å². The Morgan fingerprint density at radius 1 is 0.733 bits per heavy atom. The first-order valence-corrected chi connectivity index (χ1v) is 16.5. The largest absolute Gasteiger partial charge is 0.350 e. The Hall–Kier alpha value is -4.43. The summed E-state index contributed by atoms with van der Waals surface area (Å²) in [5.41, 5.74) is 4.36. The van der Waals surface area contributed by atoms with Crippen LogP contribution in [0.15, 0.2) is 108 Å². The molecule has 4 aromatic carbocycles. The lowest BCUT2D eigenvalue weighted by molar-refractivity contribution is -0.140. The van der Waals surface area contributed by atoms with E-state index in [1.54, 1.807) is 30.3 Å². The second kappa shape index (κ2) is 14.1. The van der Waals surface area contributed by atoms with Crippen LogP contribution < -0.4 is 9.62 Å². The smallest absolute Gasteiger partial charge is 0.264 e. The minimum Gasteiger partial charge on any atom is -0.350 e. The summed E-state index contributed by atoms with van der Waals surface area (Å²) >= 11 is 0. The van der Waals surface area contributed by atoms with Crippen LogP contribution in [0.3, 0.4) is 0 Å². The quantitative estimate of drug-likeness (QED) is 0.210. The van der Waals surface area contributed by atoms with Crippen molar-refractivity contribution in [3.8, 4) is 0 Å². The van der Waals surface area contributed by atoms with Crippen LogP contribution in [-0.2, 0) is 32.6 Å². The highest BCUT2D eigenvalue weighted by atomic mass is 32.2. The predicted molar refractivity (Wildman–Crippen MR) is 180 cm³/mol. The van der Waals surface area contributed by atoms with E-state index in [0.29, 0.717) is 5.69 Å². The fourth-order valence-electron chi connectivity index (χ4n) is 5.24. The number of sulfonamides is 1. The first kappa shape index (κ1) is 33.5. The van der Waals surface area contributed by atoms with E-state index < -0.39 is 34.1 Å². The molecule has 0 saturated heterocycles. The molecule has 1 atom stereocenters. The van der Waals surface area contributed by atoms with E-state index in [1.165, 1.54) is 17.0 Å². The molecule has 0 aliphatic heterocycles. The number of hydrogen-bond donors (Lipinski definition) is 1. The van der Waals surface area contributed by atoms with Crippen LogP contribution in [0.4, 0.5) is 5.69 Å². The maximum Gasteiger partial charge on any atom is 0.264 e. The van der Waals surface area contributed by atoms with Crippen LogP contribution >= 0.6 is 0 Å². The lowest BCUT2D eigenvalue weighted by Crippen LogP contribution is -2.56. The van der Waals surface area contributed by atoms with Gasteiger partial charge in [0.15, 0.2) is 0 Å². The van der Waals surface area contributed by atoms with E-state index in [0.717, 1.165) is 32.1 Å². The van der Waals surface area contributed by atoms with E-state index in [1.807, 2.05) is 102 Å². The number of nitrogens with zero attached hydrogens (tertiary/aromatic N) is 2. The van der Waals surface area contributed by atoms with E-state index >= 15 is 0 Å². The topological polar surface area (TPSA) is 86.8 Å². The van der Waals surface area contributed by atoms with Gasteiger partial charge in [0.25, 0.3) is 10.0 Å². The highest BCUT2D eigenvalue weighted by Crippen LogP contribution is 2.27. The molecule has 0 heterocycles. The van der Waals surface area contributed by atoms with Gasteiger partial charge in [-0.15, -0.1) is 0 Å². The summed E-state index contributed by atoms with van der Waals surface area (Å²) < 4.78 is 29.5. The predicted octanol–water partition coefficient (Wildman–Crippen LogP) is 6.36. The Kier molecular flexibility index (Phi) is 10.5. The number of hydrogen-bond acceptors (Lipinski definition) is 4. The Labute approximate surface area is 268 Å². The van der Waals surface area contributed by atoms with E-state index in [4.69, 9.17) is 0 Å². The zero-order chi connectivity index (χ0) is 32.8. The van der Waals surface area contributed by atoms with Gasteiger partial charge in [-0.05, 0) is 88.1 Å². The van der Waals surface area contributed by atoms with Crippen molar-refractivity contribution in [2.45, 2.75) is 71.0 Å². The summed E-state index contributed by atoms with van der Waals surface area (Å²) in [4.78, 5) is 30.2. The van der Waals surface area contributed by atoms with E-state index in [9.17, 15) is 18.0 Å². The van der Waals surface area contributed by atoms with Gasteiger partial charge in [0, 0.05) is 18.5 Å². The Balaban J connectivity index is 1.83. The van der Waals surface area contributed by atoms with E-state index in [-0.39, 0.29) is 23.8 Å². The van der Waals surface area contributed by atoms with Gasteiger partial charge in [0.2, 0.25) is 11.8 Å². The summed E-state index contributed by atoms with van der Waals surface area (Å²) in [6.45, 7) is 11.1. The number of benzene rings is 4. The van der Waals surface area contributed by atoms with Crippen molar-refractivity contribution in [2.24, 2.45) is 0 Å².